The van der Waals surface area contributed by atoms with E-state index in [0.717, 1.165) is 0 Å². The molecular formula is C11H18N4O3S. The number of ether oxygens (including phenoxy) is 1. The number of fused-ring (bicyclic) bond motifs is 1. The van der Waals surface area contributed by atoms with E-state index in [-0.39, 0.29) is 17.2 Å². The topological polar surface area (TPSA) is 76.5 Å². The van der Waals surface area contributed by atoms with Gasteiger partial charge in [-0.1, -0.05) is 0 Å². The van der Waals surface area contributed by atoms with Gasteiger partial charge in [-0.25, -0.2) is 8.42 Å². The van der Waals surface area contributed by atoms with Crippen LogP contribution in [0.15, 0.2) is 17.3 Å². The summed E-state index contributed by atoms with van der Waals surface area (Å²) in [5, 5.41) is 7.50. The number of morpholine rings is 1. The molecule has 0 saturated carbocycles. The van der Waals surface area contributed by atoms with Gasteiger partial charge in [0.15, 0.2) is 5.03 Å². The molecule has 2 aliphatic heterocycles. The summed E-state index contributed by atoms with van der Waals surface area (Å²) in [5.74, 6) is 0. The van der Waals surface area contributed by atoms with Gasteiger partial charge in [0.1, 0.15) is 0 Å². The molecule has 0 aliphatic carbocycles. The van der Waals surface area contributed by atoms with Crippen molar-refractivity contribution in [3.8, 4) is 0 Å². The minimum absolute atomic E-state index is 0.0403. The first-order valence-corrected chi connectivity index (χ1v) is 7.94. The summed E-state index contributed by atoms with van der Waals surface area (Å²) < 4.78 is 34.2. The van der Waals surface area contributed by atoms with Gasteiger partial charge in [0.05, 0.1) is 24.9 Å². The van der Waals surface area contributed by atoms with Crippen LogP contribution in [0.2, 0.25) is 0 Å². The predicted molar refractivity (Wildman–Crippen MR) is 68.2 cm³/mol. The van der Waals surface area contributed by atoms with Crippen LogP contribution < -0.4 is 5.32 Å². The molecule has 2 fully saturated rings. The minimum Gasteiger partial charge on any atom is -0.374 e. The average molecular weight is 286 g/mol. The van der Waals surface area contributed by atoms with Crippen LogP contribution in [-0.2, 0) is 21.3 Å². The number of nitrogens with one attached hydrogen (secondary N) is 1. The fraction of sp³-hybridized carbons (Fsp3) is 0.727. The van der Waals surface area contributed by atoms with Crippen LogP contribution >= 0.6 is 0 Å². The molecule has 2 aliphatic rings. The quantitative estimate of drug-likeness (QED) is 0.792. The molecule has 1 N–H and O–H groups in total. The summed E-state index contributed by atoms with van der Waals surface area (Å²) in [4.78, 5) is 0. The Bertz CT molecular complexity index is 556. The lowest BCUT2D eigenvalue weighted by molar-refractivity contribution is -0.0150. The molecule has 1 aromatic rings. The zero-order valence-corrected chi connectivity index (χ0v) is 11.6. The molecule has 1 aromatic heterocycles. The number of hydrogen-bond acceptors (Lipinski definition) is 5. The Morgan fingerprint density at radius 2 is 2.37 bits per heavy atom. The van der Waals surface area contributed by atoms with Crippen LogP contribution in [0.1, 0.15) is 6.92 Å². The monoisotopic (exact) mass is 286 g/mol. The maximum atomic E-state index is 12.8. The first-order valence-electron chi connectivity index (χ1n) is 6.50. The number of nitrogens with zero attached hydrogens (tertiary/aromatic N) is 3. The lowest BCUT2D eigenvalue weighted by Crippen LogP contribution is -2.53. The molecule has 0 bridgehead atoms. The second-order valence-corrected chi connectivity index (χ2v) is 6.57. The molecule has 0 spiro atoms. The number of sulfonamides is 1. The van der Waals surface area contributed by atoms with E-state index in [2.05, 4.69) is 10.4 Å². The third-order valence-corrected chi connectivity index (χ3v) is 5.64. The number of aryl methyl sites for hydroxylation is 1. The maximum Gasteiger partial charge on any atom is 0.260 e. The molecule has 2 saturated heterocycles. The smallest absolute Gasteiger partial charge is 0.260 e. The molecule has 0 radical (unpaired) electrons. The molecule has 0 aromatic carbocycles. The highest BCUT2D eigenvalue weighted by atomic mass is 32.2. The van der Waals surface area contributed by atoms with Crippen molar-refractivity contribution in [2.45, 2.75) is 30.6 Å². The third-order valence-electron chi connectivity index (χ3n) is 3.69. The summed E-state index contributed by atoms with van der Waals surface area (Å²) in [6, 6.07) is 1.45. The third kappa shape index (κ3) is 2.08. The van der Waals surface area contributed by atoms with Crippen molar-refractivity contribution >= 4 is 10.0 Å². The molecule has 19 heavy (non-hydrogen) atoms. The van der Waals surface area contributed by atoms with Gasteiger partial charge >= 0.3 is 0 Å². The highest BCUT2D eigenvalue weighted by Gasteiger charge is 2.43. The normalized spacial score (nSPS) is 28.5. The number of aromatic nitrogens is 2. The molecule has 3 heterocycles. The minimum atomic E-state index is -3.50. The van der Waals surface area contributed by atoms with Gasteiger partial charge in [0.25, 0.3) is 10.0 Å². The van der Waals surface area contributed by atoms with E-state index >= 15 is 0 Å². The van der Waals surface area contributed by atoms with Crippen molar-refractivity contribution in [2.75, 3.05) is 26.2 Å². The van der Waals surface area contributed by atoms with Crippen LogP contribution in [0.5, 0.6) is 0 Å². The summed E-state index contributed by atoms with van der Waals surface area (Å²) in [6.45, 7) is 4.62. The largest absolute Gasteiger partial charge is 0.374 e. The standard InChI is InChI=1S/C11H18N4O3S/c1-2-14-11(3-4-13-14)19(16,17)15-5-6-18-10-8-12-7-9(10)15/h3-4,9-10,12H,2,5-8H2,1H3/t9-,10+/m1/s1. The lowest BCUT2D eigenvalue weighted by atomic mass is 10.2. The molecule has 106 valence electrons. The van der Waals surface area contributed by atoms with Crippen LogP contribution in [0.3, 0.4) is 0 Å². The van der Waals surface area contributed by atoms with Crippen LogP contribution in [0.4, 0.5) is 0 Å². The summed E-state index contributed by atoms with van der Waals surface area (Å²) in [5.41, 5.74) is 0. The Morgan fingerprint density at radius 3 is 3.16 bits per heavy atom. The van der Waals surface area contributed by atoms with Crippen LogP contribution in [-0.4, -0.2) is 60.9 Å². The van der Waals surface area contributed by atoms with Crippen molar-refractivity contribution in [3.05, 3.63) is 12.3 Å². The van der Waals surface area contributed by atoms with E-state index in [1.54, 1.807) is 10.4 Å². The maximum absolute atomic E-state index is 12.8. The molecule has 0 amide bonds. The Kier molecular flexibility index (Phi) is 3.34. The van der Waals surface area contributed by atoms with E-state index in [1.807, 2.05) is 6.92 Å². The first kappa shape index (κ1) is 13.0. The van der Waals surface area contributed by atoms with Gasteiger partial charge in [-0.2, -0.15) is 9.40 Å². The van der Waals surface area contributed by atoms with Crippen LogP contribution in [0.25, 0.3) is 0 Å². The lowest BCUT2D eigenvalue weighted by Gasteiger charge is -2.35. The zero-order chi connectivity index (χ0) is 13.5. The van der Waals surface area contributed by atoms with Gasteiger partial charge in [0.2, 0.25) is 0 Å². The second kappa shape index (κ2) is 4.86. The Morgan fingerprint density at radius 1 is 1.53 bits per heavy atom. The predicted octanol–water partition coefficient (Wildman–Crippen LogP) is -0.736. The van der Waals surface area contributed by atoms with Crippen molar-refractivity contribution < 1.29 is 13.2 Å². The Labute approximate surface area is 112 Å². The first-order chi connectivity index (χ1) is 9.14. The highest BCUT2D eigenvalue weighted by molar-refractivity contribution is 7.89. The van der Waals surface area contributed by atoms with Crippen molar-refractivity contribution in [1.82, 2.24) is 19.4 Å². The van der Waals surface area contributed by atoms with E-state index in [9.17, 15) is 8.42 Å². The van der Waals surface area contributed by atoms with Crippen molar-refractivity contribution in [2.24, 2.45) is 0 Å². The Hall–Kier alpha value is -0.960. The number of rotatable bonds is 3. The fourth-order valence-electron chi connectivity index (χ4n) is 2.75. The molecule has 2 atom stereocenters. The van der Waals surface area contributed by atoms with E-state index in [4.69, 9.17) is 4.74 Å². The Balaban J connectivity index is 1.95. The van der Waals surface area contributed by atoms with Crippen molar-refractivity contribution in [3.63, 3.8) is 0 Å². The summed E-state index contributed by atoms with van der Waals surface area (Å²) in [7, 11) is -3.50. The zero-order valence-electron chi connectivity index (χ0n) is 10.8. The van der Waals surface area contributed by atoms with Gasteiger partial charge in [-0.15, -0.1) is 0 Å². The molecular weight excluding hydrogens is 268 g/mol. The highest BCUT2D eigenvalue weighted by Crippen LogP contribution is 2.25. The summed E-state index contributed by atoms with van der Waals surface area (Å²) >= 11 is 0. The van der Waals surface area contributed by atoms with E-state index in [1.165, 1.54) is 10.9 Å². The van der Waals surface area contributed by atoms with Gasteiger partial charge in [0, 0.05) is 26.2 Å². The van der Waals surface area contributed by atoms with Crippen LogP contribution in [0, 0.1) is 0 Å². The molecule has 8 heteroatoms. The fourth-order valence-corrected chi connectivity index (χ4v) is 4.55. The molecule has 3 rings (SSSR count). The van der Waals surface area contributed by atoms with E-state index < -0.39 is 10.0 Å². The van der Waals surface area contributed by atoms with Crippen molar-refractivity contribution in [1.29, 1.82) is 0 Å². The SMILES string of the molecule is CCn1nccc1S(=O)(=O)N1CCO[C@H]2CNC[C@H]21. The second-order valence-electron chi connectivity index (χ2n) is 4.74. The van der Waals surface area contributed by atoms with Gasteiger partial charge < -0.3 is 10.1 Å². The molecule has 7 nitrogen and oxygen atoms in total. The van der Waals surface area contributed by atoms with E-state index in [0.29, 0.717) is 32.8 Å². The summed E-state index contributed by atoms with van der Waals surface area (Å²) in [6.07, 6.45) is 1.49. The average Bonchev–Trinajstić information content (AvgIpc) is 3.06. The number of hydrogen-bond donors (Lipinski definition) is 1. The molecule has 0 unspecified atom stereocenters. The van der Waals surface area contributed by atoms with Gasteiger partial charge in [-0.05, 0) is 13.0 Å². The van der Waals surface area contributed by atoms with Gasteiger partial charge in [-0.3, -0.25) is 4.68 Å².